The van der Waals surface area contributed by atoms with Gasteiger partial charge in [0, 0.05) is 16.2 Å². The molecular formula is C55H36O. The monoisotopic (exact) mass is 712 g/mol. The van der Waals surface area contributed by atoms with Crippen LogP contribution in [-0.2, 0) is 5.41 Å². The quantitative estimate of drug-likeness (QED) is 0.166. The van der Waals surface area contributed by atoms with Gasteiger partial charge in [-0.05, 0) is 129 Å². The van der Waals surface area contributed by atoms with Crippen molar-refractivity contribution in [3.63, 3.8) is 0 Å². The fraction of sp³-hybridized carbons (Fsp3) is 0.0545. The third kappa shape index (κ3) is 4.37. The molecule has 0 amide bonds. The summed E-state index contributed by atoms with van der Waals surface area (Å²) in [6.07, 6.45) is 0. The maximum atomic E-state index is 6.39. The number of para-hydroxylation sites is 1. The molecule has 0 N–H and O–H groups in total. The largest absolute Gasteiger partial charge is 0.456 e. The Kier molecular flexibility index (Phi) is 6.46. The second-order valence-corrected chi connectivity index (χ2v) is 16.0. The Labute approximate surface area is 325 Å². The van der Waals surface area contributed by atoms with Gasteiger partial charge in [-0.2, -0.15) is 0 Å². The Morgan fingerprint density at radius 3 is 1.75 bits per heavy atom. The van der Waals surface area contributed by atoms with Crippen LogP contribution in [0.2, 0.25) is 0 Å². The maximum Gasteiger partial charge on any atom is 0.136 e. The Balaban J connectivity index is 1.03. The molecule has 0 saturated heterocycles. The standard InChI is InChI=1S/C55H36O/c1-55(2)49-28-26-35(30-47(49)45-27-25-36-31-48-39-18-9-10-24-50(39)56-51(48)32-46(36)54(45)55)34-15-11-16-37(29-34)52-41-19-5-7-21-43(41)53(44-22-8-6-20-42(44)52)40-23-12-14-33-13-3-4-17-38(33)40/h3-32H,1-2H3. The van der Waals surface area contributed by atoms with Gasteiger partial charge in [-0.3, -0.25) is 0 Å². The maximum absolute atomic E-state index is 6.39. The summed E-state index contributed by atoms with van der Waals surface area (Å²) in [7, 11) is 0. The number of benzene rings is 10. The number of rotatable bonds is 3. The van der Waals surface area contributed by atoms with Gasteiger partial charge in [-0.1, -0.05) is 166 Å². The van der Waals surface area contributed by atoms with Crippen molar-refractivity contribution in [1.29, 1.82) is 0 Å². The van der Waals surface area contributed by atoms with E-state index in [9.17, 15) is 0 Å². The van der Waals surface area contributed by atoms with E-state index < -0.39 is 0 Å². The number of hydrogen-bond donors (Lipinski definition) is 0. The molecule has 262 valence electrons. The van der Waals surface area contributed by atoms with Crippen molar-refractivity contribution in [3.05, 3.63) is 193 Å². The molecule has 0 radical (unpaired) electrons. The molecule has 1 nitrogen and oxygen atoms in total. The van der Waals surface area contributed by atoms with E-state index in [2.05, 4.69) is 190 Å². The van der Waals surface area contributed by atoms with Gasteiger partial charge in [0.15, 0.2) is 0 Å². The molecule has 0 fully saturated rings. The van der Waals surface area contributed by atoms with Crippen LogP contribution < -0.4 is 0 Å². The van der Waals surface area contributed by atoms with E-state index in [0.717, 1.165) is 11.2 Å². The van der Waals surface area contributed by atoms with Gasteiger partial charge in [-0.25, -0.2) is 0 Å². The molecule has 0 spiro atoms. The predicted molar refractivity (Wildman–Crippen MR) is 238 cm³/mol. The lowest BCUT2D eigenvalue weighted by Crippen LogP contribution is -2.15. The molecule has 1 aliphatic carbocycles. The van der Waals surface area contributed by atoms with Crippen LogP contribution in [0.25, 0.3) is 110 Å². The normalized spacial score (nSPS) is 13.3. The van der Waals surface area contributed by atoms with Crippen LogP contribution in [0.15, 0.2) is 186 Å². The average molecular weight is 713 g/mol. The third-order valence-corrected chi connectivity index (χ3v) is 12.6. The molecule has 1 heteroatoms. The predicted octanol–water partition coefficient (Wildman–Crippen LogP) is 15.5. The van der Waals surface area contributed by atoms with E-state index in [-0.39, 0.29) is 5.41 Å². The summed E-state index contributed by atoms with van der Waals surface area (Å²) in [5.74, 6) is 0. The van der Waals surface area contributed by atoms with Gasteiger partial charge in [0.05, 0.1) is 0 Å². The fourth-order valence-electron chi connectivity index (χ4n) is 10.1. The highest BCUT2D eigenvalue weighted by molar-refractivity contribution is 6.23. The van der Waals surface area contributed by atoms with E-state index in [1.807, 2.05) is 6.07 Å². The molecule has 1 heterocycles. The fourth-order valence-corrected chi connectivity index (χ4v) is 10.1. The molecule has 11 aromatic rings. The summed E-state index contributed by atoms with van der Waals surface area (Å²) >= 11 is 0. The summed E-state index contributed by atoms with van der Waals surface area (Å²) in [5.41, 5.74) is 14.6. The van der Waals surface area contributed by atoms with Crippen molar-refractivity contribution >= 4 is 65.0 Å². The Morgan fingerprint density at radius 2 is 0.964 bits per heavy atom. The first-order valence-corrected chi connectivity index (χ1v) is 19.6. The molecule has 1 aliphatic rings. The first-order chi connectivity index (χ1) is 27.5. The van der Waals surface area contributed by atoms with E-state index in [4.69, 9.17) is 4.42 Å². The highest BCUT2D eigenvalue weighted by Gasteiger charge is 2.37. The molecule has 12 rings (SSSR count). The van der Waals surface area contributed by atoms with Crippen LogP contribution in [0, 0.1) is 0 Å². The van der Waals surface area contributed by atoms with Crippen molar-refractivity contribution in [2.45, 2.75) is 19.3 Å². The van der Waals surface area contributed by atoms with E-state index in [0.29, 0.717) is 0 Å². The van der Waals surface area contributed by atoms with Crippen LogP contribution in [0.5, 0.6) is 0 Å². The van der Waals surface area contributed by atoms with Gasteiger partial charge in [0.25, 0.3) is 0 Å². The molecule has 1 aromatic heterocycles. The van der Waals surface area contributed by atoms with E-state index >= 15 is 0 Å². The second-order valence-electron chi connectivity index (χ2n) is 16.0. The number of furan rings is 1. The van der Waals surface area contributed by atoms with Gasteiger partial charge in [0.1, 0.15) is 11.2 Å². The van der Waals surface area contributed by atoms with Crippen molar-refractivity contribution < 1.29 is 4.42 Å². The van der Waals surface area contributed by atoms with E-state index in [1.54, 1.807) is 0 Å². The zero-order valence-corrected chi connectivity index (χ0v) is 31.2. The molecule has 0 saturated carbocycles. The Hall–Kier alpha value is -6.96. The van der Waals surface area contributed by atoms with Crippen LogP contribution in [0.4, 0.5) is 0 Å². The number of hydrogen-bond acceptors (Lipinski definition) is 1. The minimum atomic E-state index is -0.159. The molecule has 0 aliphatic heterocycles. The van der Waals surface area contributed by atoms with Crippen molar-refractivity contribution in [2.75, 3.05) is 0 Å². The number of fused-ring (bicyclic) bond motifs is 11. The first-order valence-electron chi connectivity index (χ1n) is 19.6. The SMILES string of the molecule is CC1(C)c2ccc(-c3cccc(-c4c5ccccc5c(-c5cccc6ccccc56)c5ccccc45)c3)cc2-c2ccc3cc4c(cc3c21)oc1ccccc14. The van der Waals surface area contributed by atoms with Gasteiger partial charge in [-0.15, -0.1) is 0 Å². The molecule has 56 heavy (non-hydrogen) atoms. The molecular weight excluding hydrogens is 677 g/mol. The summed E-state index contributed by atoms with van der Waals surface area (Å²) in [5, 5.41) is 12.5. The van der Waals surface area contributed by atoms with Crippen molar-refractivity contribution in [2.24, 2.45) is 0 Å². The summed E-state index contributed by atoms with van der Waals surface area (Å²) in [4.78, 5) is 0. The highest BCUT2D eigenvalue weighted by atomic mass is 16.3. The zero-order chi connectivity index (χ0) is 37.1. The second kappa shape index (κ2) is 11.5. The third-order valence-electron chi connectivity index (χ3n) is 12.6. The minimum absolute atomic E-state index is 0.159. The smallest absolute Gasteiger partial charge is 0.136 e. The summed E-state index contributed by atoms with van der Waals surface area (Å²) in [6.45, 7) is 4.75. The van der Waals surface area contributed by atoms with Crippen LogP contribution >= 0.6 is 0 Å². The lowest BCUT2D eigenvalue weighted by molar-refractivity contribution is 0.663. The zero-order valence-electron chi connectivity index (χ0n) is 31.2. The highest BCUT2D eigenvalue weighted by Crippen LogP contribution is 2.53. The molecule has 0 atom stereocenters. The van der Waals surface area contributed by atoms with E-state index in [1.165, 1.54) is 109 Å². The molecule has 10 aromatic carbocycles. The van der Waals surface area contributed by atoms with Crippen LogP contribution in [-0.4, -0.2) is 0 Å². The van der Waals surface area contributed by atoms with Crippen molar-refractivity contribution in [3.8, 4) is 44.5 Å². The Morgan fingerprint density at radius 1 is 0.339 bits per heavy atom. The van der Waals surface area contributed by atoms with Crippen molar-refractivity contribution in [1.82, 2.24) is 0 Å². The topological polar surface area (TPSA) is 13.1 Å². The van der Waals surface area contributed by atoms with Gasteiger partial charge < -0.3 is 4.42 Å². The molecule has 0 unspecified atom stereocenters. The first kappa shape index (κ1) is 31.4. The van der Waals surface area contributed by atoms with Crippen LogP contribution in [0.3, 0.4) is 0 Å². The van der Waals surface area contributed by atoms with Gasteiger partial charge in [0.2, 0.25) is 0 Å². The van der Waals surface area contributed by atoms with Crippen LogP contribution in [0.1, 0.15) is 25.0 Å². The summed E-state index contributed by atoms with van der Waals surface area (Å²) in [6, 6.07) is 67.2. The minimum Gasteiger partial charge on any atom is -0.456 e. The lowest BCUT2D eigenvalue weighted by Gasteiger charge is -2.23. The van der Waals surface area contributed by atoms with Gasteiger partial charge >= 0.3 is 0 Å². The summed E-state index contributed by atoms with van der Waals surface area (Å²) < 4.78 is 6.39. The average Bonchev–Trinajstić information content (AvgIpc) is 3.72. The molecule has 0 bridgehead atoms. The Bertz CT molecular complexity index is 3390. The lowest BCUT2D eigenvalue weighted by atomic mass is 9.80.